The molecule has 0 radical (unpaired) electrons. The van der Waals surface area contributed by atoms with E-state index in [-0.39, 0.29) is 0 Å². The van der Waals surface area contributed by atoms with Gasteiger partial charge in [-0.3, -0.25) is 0 Å². The molecule has 0 bridgehead atoms. The van der Waals surface area contributed by atoms with E-state index in [2.05, 4.69) is 13.5 Å². The zero-order valence-electron chi connectivity index (χ0n) is 8.38. The number of alkyl halides is 1. The Bertz CT molecular complexity index is 293. The van der Waals surface area contributed by atoms with Crippen molar-refractivity contribution in [3.05, 3.63) is 35.8 Å². The van der Waals surface area contributed by atoms with Gasteiger partial charge < -0.3 is 4.42 Å². The topological polar surface area (TPSA) is 13.1 Å². The van der Waals surface area contributed by atoms with Crippen molar-refractivity contribution in [3.8, 4) is 0 Å². The zero-order valence-corrected chi connectivity index (χ0v) is 9.96. The van der Waals surface area contributed by atoms with Crippen molar-refractivity contribution in [1.29, 1.82) is 0 Å². The van der Waals surface area contributed by atoms with Crippen LogP contribution in [-0.4, -0.2) is 11.6 Å². The van der Waals surface area contributed by atoms with E-state index in [1.807, 2.05) is 12.1 Å². The summed E-state index contributed by atoms with van der Waals surface area (Å²) in [6.45, 7) is 5.93. The summed E-state index contributed by atoms with van der Waals surface area (Å²) in [5.41, 5.74) is 1.07. The number of aryl methyl sites for hydroxylation is 1. The van der Waals surface area contributed by atoms with Gasteiger partial charge in [0.15, 0.2) is 0 Å². The minimum Gasteiger partial charge on any atom is -0.465 e. The molecule has 0 N–H and O–H groups in total. The average molecular weight is 231 g/mol. The van der Waals surface area contributed by atoms with Gasteiger partial charge in [0, 0.05) is 18.1 Å². The maximum Gasteiger partial charge on any atom is 0.114 e. The standard InChI is InChI=1S/C11H15ClOS/c1-3-10-4-5-11(13-10)8-14-7-9(2)6-12/h4-5H,2-3,6-8H2,1H3. The summed E-state index contributed by atoms with van der Waals surface area (Å²) < 4.78 is 5.56. The lowest BCUT2D eigenvalue weighted by Crippen LogP contribution is -1.87. The van der Waals surface area contributed by atoms with Crippen LogP contribution in [0.4, 0.5) is 0 Å². The normalized spacial score (nSPS) is 10.4. The molecule has 1 rings (SSSR count). The van der Waals surface area contributed by atoms with Gasteiger partial charge in [0.2, 0.25) is 0 Å². The van der Waals surface area contributed by atoms with E-state index < -0.39 is 0 Å². The van der Waals surface area contributed by atoms with Crippen molar-refractivity contribution in [2.24, 2.45) is 0 Å². The van der Waals surface area contributed by atoms with Gasteiger partial charge in [0.1, 0.15) is 11.5 Å². The van der Waals surface area contributed by atoms with Gasteiger partial charge >= 0.3 is 0 Å². The van der Waals surface area contributed by atoms with Crippen LogP contribution in [0.2, 0.25) is 0 Å². The maximum atomic E-state index is 5.62. The molecule has 0 aliphatic heterocycles. The monoisotopic (exact) mass is 230 g/mol. The fourth-order valence-corrected chi connectivity index (χ4v) is 2.08. The van der Waals surface area contributed by atoms with Crippen LogP contribution in [0.25, 0.3) is 0 Å². The number of halogens is 1. The van der Waals surface area contributed by atoms with Crippen LogP contribution in [0.3, 0.4) is 0 Å². The second-order valence-electron chi connectivity index (χ2n) is 3.10. The first-order valence-corrected chi connectivity index (χ1v) is 6.33. The molecule has 3 heteroatoms. The van der Waals surface area contributed by atoms with Gasteiger partial charge in [-0.15, -0.1) is 23.4 Å². The van der Waals surface area contributed by atoms with Crippen molar-refractivity contribution >= 4 is 23.4 Å². The molecule has 1 aromatic heterocycles. The maximum absolute atomic E-state index is 5.62. The Hall–Kier alpha value is -0.340. The molecule has 0 unspecified atom stereocenters. The fraction of sp³-hybridized carbons (Fsp3) is 0.455. The summed E-state index contributed by atoms with van der Waals surface area (Å²) in [6.07, 6.45) is 0.957. The molecule has 0 atom stereocenters. The van der Waals surface area contributed by atoms with E-state index in [4.69, 9.17) is 16.0 Å². The van der Waals surface area contributed by atoms with Crippen LogP contribution in [0.5, 0.6) is 0 Å². The number of hydrogen-bond donors (Lipinski definition) is 0. The third-order valence-corrected chi connectivity index (χ3v) is 3.28. The lowest BCUT2D eigenvalue weighted by Gasteiger charge is -1.99. The molecular formula is C11H15ClOS. The molecule has 0 aliphatic rings. The molecule has 0 aromatic carbocycles. The quantitative estimate of drug-likeness (QED) is 0.544. The highest BCUT2D eigenvalue weighted by atomic mass is 35.5. The Morgan fingerprint density at radius 3 is 2.79 bits per heavy atom. The van der Waals surface area contributed by atoms with E-state index in [9.17, 15) is 0 Å². The van der Waals surface area contributed by atoms with Crippen molar-refractivity contribution in [2.75, 3.05) is 11.6 Å². The summed E-state index contributed by atoms with van der Waals surface area (Å²) >= 11 is 7.41. The van der Waals surface area contributed by atoms with Crippen LogP contribution < -0.4 is 0 Å². The first kappa shape index (κ1) is 11.7. The smallest absolute Gasteiger partial charge is 0.114 e. The van der Waals surface area contributed by atoms with Crippen molar-refractivity contribution in [1.82, 2.24) is 0 Å². The van der Waals surface area contributed by atoms with Gasteiger partial charge in [-0.1, -0.05) is 19.1 Å². The van der Waals surface area contributed by atoms with Crippen LogP contribution in [-0.2, 0) is 12.2 Å². The molecule has 0 aliphatic carbocycles. The zero-order chi connectivity index (χ0) is 10.4. The second kappa shape index (κ2) is 6.20. The highest BCUT2D eigenvalue weighted by molar-refractivity contribution is 7.98. The lowest BCUT2D eigenvalue weighted by molar-refractivity contribution is 0.485. The molecule has 0 saturated heterocycles. The van der Waals surface area contributed by atoms with E-state index in [1.54, 1.807) is 11.8 Å². The number of thioether (sulfide) groups is 1. The van der Waals surface area contributed by atoms with Gasteiger partial charge in [-0.2, -0.15) is 0 Å². The van der Waals surface area contributed by atoms with Crippen LogP contribution >= 0.6 is 23.4 Å². The van der Waals surface area contributed by atoms with Crippen LogP contribution in [0.15, 0.2) is 28.7 Å². The SMILES string of the molecule is C=C(CCl)CSCc1ccc(CC)o1. The third kappa shape index (κ3) is 3.81. The Morgan fingerprint density at radius 1 is 1.50 bits per heavy atom. The minimum atomic E-state index is 0.547. The summed E-state index contributed by atoms with van der Waals surface area (Å²) in [6, 6.07) is 4.07. The molecule has 0 amide bonds. The van der Waals surface area contributed by atoms with E-state index in [0.29, 0.717) is 5.88 Å². The Kier molecular flexibility index (Phi) is 5.20. The first-order valence-electron chi connectivity index (χ1n) is 4.64. The number of furan rings is 1. The minimum absolute atomic E-state index is 0.547. The van der Waals surface area contributed by atoms with Crippen LogP contribution in [0, 0.1) is 0 Å². The highest BCUT2D eigenvalue weighted by Crippen LogP contribution is 2.17. The Balaban J connectivity index is 2.27. The van der Waals surface area contributed by atoms with Crippen molar-refractivity contribution in [2.45, 2.75) is 19.1 Å². The molecule has 1 nitrogen and oxygen atoms in total. The van der Waals surface area contributed by atoms with Crippen LogP contribution in [0.1, 0.15) is 18.4 Å². The van der Waals surface area contributed by atoms with Gasteiger partial charge in [0.05, 0.1) is 5.75 Å². The Morgan fingerprint density at radius 2 is 2.21 bits per heavy atom. The van der Waals surface area contributed by atoms with Crippen molar-refractivity contribution in [3.63, 3.8) is 0 Å². The first-order chi connectivity index (χ1) is 6.76. The van der Waals surface area contributed by atoms with Gasteiger partial charge in [-0.05, 0) is 12.1 Å². The molecular weight excluding hydrogens is 216 g/mol. The molecule has 0 fully saturated rings. The summed E-state index contributed by atoms with van der Waals surface area (Å²) in [5, 5.41) is 0. The molecule has 78 valence electrons. The number of rotatable bonds is 6. The lowest BCUT2D eigenvalue weighted by atomic mass is 10.4. The highest BCUT2D eigenvalue weighted by Gasteiger charge is 2.00. The van der Waals surface area contributed by atoms with Gasteiger partial charge in [0.25, 0.3) is 0 Å². The van der Waals surface area contributed by atoms with E-state index in [0.717, 1.165) is 35.0 Å². The molecule has 0 saturated carbocycles. The molecule has 14 heavy (non-hydrogen) atoms. The summed E-state index contributed by atoms with van der Waals surface area (Å²) in [7, 11) is 0. The predicted octanol–water partition coefficient (Wildman–Crippen LogP) is 3.87. The largest absolute Gasteiger partial charge is 0.465 e. The molecule has 1 aromatic rings. The second-order valence-corrected chi connectivity index (χ2v) is 4.35. The Labute approximate surface area is 94.5 Å². The van der Waals surface area contributed by atoms with E-state index >= 15 is 0 Å². The molecule has 0 spiro atoms. The summed E-state index contributed by atoms with van der Waals surface area (Å²) in [4.78, 5) is 0. The fourth-order valence-electron chi connectivity index (χ4n) is 1.02. The third-order valence-electron chi connectivity index (χ3n) is 1.81. The average Bonchev–Trinajstić information content (AvgIpc) is 2.65. The number of hydrogen-bond acceptors (Lipinski definition) is 2. The predicted molar refractivity (Wildman–Crippen MR) is 64.1 cm³/mol. The molecule has 1 heterocycles. The van der Waals surface area contributed by atoms with E-state index in [1.165, 1.54) is 0 Å². The van der Waals surface area contributed by atoms with Gasteiger partial charge in [-0.25, -0.2) is 0 Å². The van der Waals surface area contributed by atoms with Crippen molar-refractivity contribution < 1.29 is 4.42 Å². The summed E-state index contributed by atoms with van der Waals surface area (Å²) in [5.74, 6) is 4.44.